The zero-order valence-electron chi connectivity index (χ0n) is 15.3. The van der Waals surface area contributed by atoms with E-state index in [0.29, 0.717) is 11.3 Å². The van der Waals surface area contributed by atoms with E-state index in [0.717, 1.165) is 10.9 Å². The Balaban J connectivity index is 1.44. The molecule has 0 saturated heterocycles. The summed E-state index contributed by atoms with van der Waals surface area (Å²) in [6.45, 7) is 1.04. The summed E-state index contributed by atoms with van der Waals surface area (Å²) in [6, 6.07) is 9.22. The van der Waals surface area contributed by atoms with Gasteiger partial charge in [0.2, 0.25) is 0 Å². The molecular formula is C19H17N3O7. The molecule has 0 saturated carbocycles. The van der Waals surface area contributed by atoms with Crippen LogP contribution in [0, 0.1) is 6.92 Å². The second kappa shape index (κ2) is 8.74. The lowest BCUT2D eigenvalue weighted by molar-refractivity contribution is -0.129. The Bertz CT molecular complexity index is 1100. The molecular weight excluding hydrogens is 382 g/mol. The van der Waals surface area contributed by atoms with Crippen molar-refractivity contribution in [2.45, 2.75) is 6.92 Å². The van der Waals surface area contributed by atoms with Gasteiger partial charge in [-0.05, 0) is 36.8 Å². The molecule has 3 rings (SSSR count). The van der Waals surface area contributed by atoms with E-state index in [-0.39, 0.29) is 18.9 Å². The first-order chi connectivity index (χ1) is 13.9. The van der Waals surface area contributed by atoms with E-state index in [1.165, 1.54) is 24.5 Å². The number of furan rings is 1. The molecule has 10 nitrogen and oxygen atoms in total. The van der Waals surface area contributed by atoms with Crippen molar-refractivity contribution in [2.24, 2.45) is 0 Å². The van der Waals surface area contributed by atoms with E-state index >= 15 is 0 Å². The predicted molar refractivity (Wildman–Crippen MR) is 100 cm³/mol. The second-order valence-corrected chi connectivity index (χ2v) is 5.95. The highest BCUT2D eigenvalue weighted by molar-refractivity contribution is 5.94. The maximum absolute atomic E-state index is 11.8. The number of carbonyl (C=O) groups is 3. The maximum atomic E-state index is 11.8. The molecule has 2 aromatic heterocycles. The van der Waals surface area contributed by atoms with E-state index < -0.39 is 23.3 Å². The summed E-state index contributed by atoms with van der Waals surface area (Å²) in [5, 5.41) is 3.08. The van der Waals surface area contributed by atoms with Crippen molar-refractivity contribution in [1.29, 1.82) is 0 Å². The molecule has 0 unspecified atom stereocenters. The first-order valence-electron chi connectivity index (χ1n) is 8.49. The molecule has 2 heterocycles. The SMILES string of the molecule is Cc1cc(=O)oc2cc(OCC(=O)NNC(=O)CNC(=O)c3ccco3)ccc12. The van der Waals surface area contributed by atoms with Gasteiger partial charge in [0.05, 0.1) is 12.8 Å². The minimum atomic E-state index is -0.638. The number of carbonyl (C=O) groups excluding carboxylic acids is 3. The first kappa shape index (κ1) is 19.7. The average Bonchev–Trinajstić information content (AvgIpc) is 3.23. The number of aryl methyl sites for hydroxylation is 1. The molecule has 10 heteroatoms. The Morgan fingerprint density at radius 3 is 2.62 bits per heavy atom. The van der Waals surface area contributed by atoms with Gasteiger partial charge in [-0.2, -0.15) is 0 Å². The van der Waals surface area contributed by atoms with Crippen LogP contribution in [0.3, 0.4) is 0 Å². The molecule has 150 valence electrons. The Morgan fingerprint density at radius 1 is 1.07 bits per heavy atom. The van der Waals surface area contributed by atoms with Crippen molar-refractivity contribution in [3.05, 3.63) is 64.4 Å². The molecule has 0 aliphatic carbocycles. The van der Waals surface area contributed by atoms with Gasteiger partial charge in [0, 0.05) is 17.5 Å². The third-order valence-electron chi connectivity index (χ3n) is 3.79. The summed E-state index contributed by atoms with van der Waals surface area (Å²) >= 11 is 0. The van der Waals surface area contributed by atoms with E-state index in [1.807, 2.05) is 0 Å². The molecule has 3 aromatic rings. The molecule has 0 bridgehead atoms. The number of ether oxygens (including phenoxy) is 1. The minimum Gasteiger partial charge on any atom is -0.484 e. The van der Waals surface area contributed by atoms with Crippen LogP contribution in [0.25, 0.3) is 11.0 Å². The van der Waals surface area contributed by atoms with Gasteiger partial charge >= 0.3 is 5.63 Å². The number of hydrazine groups is 1. The Hall–Kier alpha value is -4.08. The van der Waals surface area contributed by atoms with Gasteiger partial charge in [-0.15, -0.1) is 0 Å². The summed E-state index contributed by atoms with van der Waals surface area (Å²) in [5.74, 6) is -1.43. The Morgan fingerprint density at radius 2 is 1.86 bits per heavy atom. The molecule has 0 atom stereocenters. The van der Waals surface area contributed by atoms with Crippen LogP contribution < -0.4 is 26.5 Å². The third-order valence-corrected chi connectivity index (χ3v) is 3.79. The highest BCUT2D eigenvalue weighted by Gasteiger charge is 2.11. The van der Waals surface area contributed by atoms with E-state index in [2.05, 4.69) is 16.2 Å². The predicted octanol–water partition coefficient (Wildman–Crippen LogP) is 0.651. The lowest BCUT2D eigenvalue weighted by Gasteiger charge is -2.09. The summed E-state index contributed by atoms with van der Waals surface area (Å²) in [5.41, 5.74) is 4.92. The van der Waals surface area contributed by atoms with E-state index in [1.54, 1.807) is 25.1 Å². The molecule has 0 aliphatic rings. The molecule has 0 spiro atoms. The molecule has 0 aliphatic heterocycles. The van der Waals surface area contributed by atoms with Crippen LogP contribution in [0.5, 0.6) is 5.75 Å². The van der Waals surface area contributed by atoms with Gasteiger partial charge in [0.15, 0.2) is 12.4 Å². The zero-order chi connectivity index (χ0) is 20.8. The summed E-state index contributed by atoms with van der Waals surface area (Å²) in [4.78, 5) is 46.5. The maximum Gasteiger partial charge on any atom is 0.336 e. The Labute approximate surface area is 163 Å². The van der Waals surface area contributed by atoms with Crippen molar-refractivity contribution in [3.8, 4) is 5.75 Å². The number of fused-ring (bicyclic) bond motifs is 1. The van der Waals surface area contributed by atoms with Gasteiger partial charge in [-0.1, -0.05) is 0 Å². The van der Waals surface area contributed by atoms with Crippen molar-refractivity contribution >= 4 is 28.7 Å². The monoisotopic (exact) mass is 399 g/mol. The van der Waals surface area contributed by atoms with Crippen molar-refractivity contribution in [2.75, 3.05) is 13.2 Å². The molecule has 1 aromatic carbocycles. The number of hydrogen-bond donors (Lipinski definition) is 3. The van der Waals surface area contributed by atoms with Gasteiger partial charge in [-0.25, -0.2) is 4.79 Å². The minimum absolute atomic E-state index is 0.0663. The largest absolute Gasteiger partial charge is 0.484 e. The average molecular weight is 399 g/mol. The van der Waals surface area contributed by atoms with Gasteiger partial charge in [0.25, 0.3) is 17.7 Å². The summed E-state index contributed by atoms with van der Waals surface area (Å²) in [7, 11) is 0. The lowest BCUT2D eigenvalue weighted by Crippen LogP contribution is -2.47. The fourth-order valence-electron chi connectivity index (χ4n) is 2.42. The fourth-order valence-corrected chi connectivity index (χ4v) is 2.42. The second-order valence-electron chi connectivity index (χ2n) is 5.95. The van der Waals surface area contributed by atoms with Crippen molar-refractivity contribution in [3.63, 3.8) is 0 Å². The fraction of sp³-hybridized carbons (Fsp3) is 0.158. The van der Waals surface area contributed by atoms with E-state index in [4.69, 9.17) is 13.6 Å². The van der Waals surface area contributed by atoms with Crippen LogP contribution in [0.15, 0.2) is 56.3 Å². The van der Waals surface area contributed by atoms with Crippen LogP contribution in [0.1, 0.15) is 16.1 Å². The number of benzene rings is 1. The van der Waals surface area contributed by atoms with Gasteiger partial charge < -0.3 is 18.9 Å². The standard InChI is InChI=1S/C19H17N3O7/c1-11-7-18(25)29-15-8-12(4-5-13(11)15)28-10-17(24)22-21-16(23)9-20-19(26)14-3-2-6-27-14/h2-8H,9-10H2,1H3,(H,20,26)(H,21,23)(H,22,24). The quantitative estimate of drug-likeness (QED) is 0.408. The van der Waals surface area contributed by atoms with E-state index in [9.17, 15) is 19.2 Å². The summed E-state index contributed by atoms with van der Waals surface area (Å²) in [6.07, 6.45) is 1.33. The number of nitrogens with one attached hydrogen (secondary N) is 3. The lowest BCUT2D eigenvalue weighted by atomic mass is 10.1. The van der Waals surface area contributed by atoms with Crippen LogP contribution in [-0.2, 0) is 9.59 Å². The molecule has 3 amide bonds. The van der Waals surface area contributed by atoms with Crippen LogP contribution in [-0.4, -0.2) is 30.9 Å². The summed E-state index contributed by atoms with van der Waals surface area (Å²) < 4.78 is 15.3. The third kappa shape index (κ3) is 5.22. The van der Waals surface area contributed by atoms with Crippen molar-refractivity contribution < 1.29 is 28.0 Å². The highest BCUT2D eigenvalue weighted by atomic mass is 16.5. The van der Waals surface area contributed by atoms with Gasteiger partial charge in [-0.3, -0.25) is 25.2 Å². The molecule has 29 heavy (non-hydrogen) atoms. The molecule has 0 radical (unpaired) electrons. The normalized spacial score (nSPS) is 10.4. The zero-order valence-corrected chi connectivity index (χ0v) is 15.3. The topological polar surface area (TPSA) is 140 Å². The molecule has 0 fully saturated rings. The van der Waals surface area contributed by atoms with Crippen molar-refractivity contribution in [1.82, 2.24) is 16.2 Å². The highest BCUT2D eigenvalue weighted by Crippen LogP contribution is 2.22. The Kier molecular flexibility index (Phi) is 5.93. The first-order valence-corrected chi connectivity index (χ1v) is 8.49. The van der Waals surface area contributed by atoms with Crippen LogP contribution >= 0.6 is 0 Å². The smallest absolute Gasteiger partial charge is 0.336 e. The molecule has 3 N–H and O–H groups in total. The number of rotatable bonds is 6. The number of hydrogen-bond acceptors (Lipinski definition) is 7. The van der Waals surface area contributed by atoms with Gasteiger partial charge in [0.1, 0.15) is 11.3 Å². The van der Waals surface area contributed by atoms with Crippen LogP contribution in [0.4, 0.5) is 0 Å². The van der Waals surface area contributed by atoms with Crippen LogP contribution in [0.2, 0.25) is 0 Å². The number of amides is 3.